The zero-order valence-corrected chi connectivity index (χ0v) is 22.7. The third-order valence-electron chi connectivity index (χ3n) is 7.15. The van der Waals surface area contributed by atoms with E-state index in [9.17, 15) is 22.4 Å². The zero-order valence-electron chi connectivity index (χ0n) is 21.8. The Morgan fingerprint density at radius 2 is 1.56 bits per heavy atom. The molecule has 0 radical (unpaired) electrons. The first kappa shape index (κ1) is 26.5. The van der Waals surface area contributed by atoms with Gasteiger partial charge in [0, 0.05) is 11.6 Å². The topological polar surface area (TPSA) is 101 Å². The normalized spacial score (nSPS) is 16.6. The zero-order chi connectivity index (χ0) is 28.7. The molecule has 6 rings (SSSR count). The lowest BCUT2D eigenvalue weighted by molar-refractivity contribution is -0.122. The molecule has 1 fully saturated rings. The number of amides is 2. The fourth-order valence-corrected chi connectivity index (χ4v) is 6.85. The molecule has 2 heterocycles. The van der Waals surface area contributed by atoms with E-state index in [1.165, 1.54) is 0 Å². The summed E-state index contributed by atoms with van der Waals surface area (Å²) in [6.07, 6.45) is -0.344. The molecule has 5 aromatic rings. The molecule has 1 aliphatic heterocycles. The van der Waals surface area contributed by atoms with E-state index in [0.29, 0.717) is 33.8 Å². The Balaban J connectivity index is 1.34. The van der Waals surface area contributed by atoms with E-state index in [1.54, 1.807) is 61.5 Å². The summed E-state index contributed by atoms with van der Waals surface area (Å²) in [5.74, 6) is -1.40. The predicted octanol–water partition coefficient (Wildman–Crippen LogP) is 5.72. The Morgan fingerprint density at radius 3 is 2.24 bits per heavy atom. The smallest absolute Gasteiger partial charge is 0.252 e. The predicted molar refractivity (Wildman–Crippen MR) is 151 cm³/mol. The molecule has 206 valence electrons. The number of fused-ring (bicyclic) bond motifs is 1. The van der Waals surface area contributed by atoms with Crippen LogP contribution >= 0.6 is 0 Å². The van der Waals surface area contributed by atoms with Gasteiger partial charge >= 0.3 is 0 Å². The van der Waals surface area contributed by atoms with Gasteiger partial charge in [0.1, 0.15) is 17.4 Å². The second-order valence-corrected chi connectivity index (χ2v) is 11.5. The molecule has 0 N–H and O–H groups in total. The Labute approximate surface area is 235 Å². The summed E-state index contributed by atoms with van der Waals surface area (Å²) < 4.78 is 48.3. The number of carbonyl (C=O) groups is 2. The second-order valence-electron chi connectivity index (χ2n) is 9.70. The average Bonchev–Trinajstić information content (AvgIpc) is 3.54. The van der Waals surface area contributed by atoms with Crippen LogP contribution in [0, 0.1) is 5.82 Å². The number of para-hydroxylation sites is 2. The van der Waals surface area contributed by atoms with E-state index >= 15 is 0 Å². The lowest BCUT2D eigenvalue weighted by Gasteiger charge is -2.32. The van der Waals surface area contributed by atoms with Crippen molar-refractivity contribution in [1.29, 1.82) is 0 Å². The number of sulfonamides is 1. The molecular formula is C31H24FN3O5S. The number of oxazole rings is 1. The lowest BCUT2D eigenvalue weighted by Crippen LogP contribution is -2.46. The highest BCUT2D eigenvalue weighted by atomic mass is 32.2. The minimum absolute atomic E-state index is 0.178. The molecule has 0 aliphatic carbocycles. The summed E-state index contributed by atoms with van der Waals surface area (Å²) in [4.78, 5) is 32.4. The fourth-order valence-electron chi connectivity index (χ4n) is 5.09. The van der Waals surface area contributed by atoms with Gasteiger partial charge < -0.3 is 4.42 Å². The Bertz CT molecular complexity index is 1820. The van der Waals surface area contributed by atoms with Gasteiger partial charge in [-0.2, -0.15) is 4.31 Å². The first-order valence-electron chi connectivity index (χ1n) is 12.9. The number of aromatic nitrogens is 1. The molecular weight excluding hydrogens is 545 g/mol. The molecule has 0 bridgehead atoms. The van der Waals surface area contributed by atoms with Crippen LogP contribution in [0.25, 0.3) is 22.6 Å². The van der Waals surface area contributed by atoms with Crippen molar-refractivity contribution in [3.8, 4) is 11.5 Å². The number of carbonyl (C=O) groups excluding carboxylic acids is 2. The van der Waals surface area contributed by atoms with E-state index < -0.39 is 39.7 Å². The standard InChI is InChI=1S/C31H24FN3O5S/c1-20(21-7-3-2-4-8-21)35(41(38,39)25-17-13-23(32)14-18-25)27-19-29(36)34(31(27)37)24-15-11-22(12-16-24)30-33-26-9-5-6-10-28(26)40-30/h2-18,20,27H,19H2,1H3. The SMILES string of the molecule is CC(c1ccccc1)N(C1CC(=O)N(c2ccc(-c3nc4ccccc4o3)cc2)C1=O)S(=O)(=O)c1ccc(F)cc1. The Kier molecular flexibility index (Phi) is 6.72. The van der Waals surface area contributed by atoms with Crippen LogP contribution in [0.3, 0.4) is 0 Å². The molecule has 41 heavy (non-hydrogen) atoms. The number of hydrogen-bond acceptors (Lipinski definition) is 6. The third-order valence-corrected chi connectivity index (χ3v) is 9.14. The molecule has 2 unspecified atom stereocenters. The van der Waals surface area contributed by atoms with Crippen molar-refractivity contribution in [2.75, 3.05) is 4.90 Å². The lowest BCUT2D eigenvalue weighted by atomic mass is 10.1. The molecule has 2 atom stereocenters. The van der Waals surface area contributed by atoms with Gasteiger partial charge in [0.25, 0.3) is 5.91 Å². The van der Waals surface area contributed by atoms with E-state index in [1.807, 2.05) is 24.3 Å². The highest BCUT2D eigenvalue weighted by molar-refractivity contribution is 7.89. The molecule has 0 saturated carbocycles. The maximum absolute atomic E-state index is 13.9. The molecule has 1 aromatic heterocycles. The van der Waals surface area contributed by atoms with Gasteiger partial charge in [0.2, 0.25) is 21.8 Å². The monoisotopic (exact) mass is 569 g/mol. The van der Waals surface area contributed by atoms with E-state index in [-0.39, 0.29) is 11.3 Å². The van der Waals surface area contributed by atoms with Crippen LogP contribution in [-0.4, -0.2) is 35.6 Å². The number of hydrogen-bond donors (Lipinski definition) is 0. The van der Waals surface area contributed by atoms with Crippen molar-refractivity contribution < 1.29 is 26.8 Å². The summed E-state index contributed by atoms with van der Waals surface area (Å²) >= 11 is 0. The number of benzene rings is 4. The highest BCUT2D eigenvalue weighted by Gasteiger charge is 2.49. The fraction of sp³-hybridized carbons (Fsp3) is 0.129. The first-order valence-corrected chi connectivity index (χ1v) is 14.3. The van der Waals surface area contributed by atoms with Crippen molar-refractivity contribution >= 4 is 38.6 Å². The number of imide groups is 1. The van der Waals surface area contributed by atoms with Crippen molar-refractivity contribution in [3.63, 3.8) is 0 Å². The molecule has 10 heteroatoms. The number of nitrogens with zero attached hydrogens (tertiary/aromatic N) is 3. The number of rotatable bonds is 7. The number of halogens is 1. The van der Waals surface area contributed by atoms with E-state index in [0.717, 1.165) is 33.5 Å². The van der Waals surface area contributed by atoms with Crippen LogP contribution in [0.15, 0.2) is 112 Å². The Hall–Kier alpha value is -4.67. The average molecular weight is 570 g/mol. The van der Waals surface area contributed by atoms with Crippen molar-refractivity contribution in [3.05, 3.63) is 115 Å². The van der Waals surface area contributed by atoms with Crippen molar-refractivity contribution in [1.82, 2.24) is 9.29 Å². The van der Waals surface area contributed by atoms with E-state index in [4.69, 9.17) is 4.42 Å². The van der Waals surface area contributed by atoms with Gasteiger partial charge in [-0.3, -0.25) is 9.59 Å². The highest BCUT2D eigenvalue weighted by Crippen LogP contribution is 2.36. The maximum atomic E-state index is 13.9. The summed E-state index contributed by atoms with van der Waals surface area (Å²) in [5, 5.41) is 0. The summed E-state index contributed by atoms with van der Waals surface area (Å²) in [6.45, 7) is 1.66. The maximum Gasteiger partial charge on any atom is 0.252 e. The second kappa shape index (κ2) is 10.4. The van der Waals surface area contributed by atoms with Gasteiger partial charge in [0.15, 0.2) is 5.58 Å². The Morgan fingerprint density at radius 1 is 0.902 bits per heavy atom. The van der Waals surface area contributed by atoms with Gasteiger partial charge in [0.05, 0.1) is 17.0 Å². The van der Waals surface area contributed by atoms with Gasteiger partial charge in [-0.15, -0.1) is 0 Å². The molecule has 2 amide bonds. The quantitative estimate of drug-likeness (QED) is 0.233. The van der Waals surface area contributed by atoms with E-state index in [2.05, 4.69) is 4.98 Å². The van der Waals surface area contributed by atoms with Gasteiger partial charge in [-0.05, 0) is 73.2 Å². The van der Waals surface area contributed by atoms with Crippen LogP contribution in [-0.2, 0) is 19.6 Å². The minimum atomic E-state index is -4.32. The van der Waals surface area contributed by atoms with Crippen LogP contribution in [0.4, 0.5) is 10.1 Å². The molecule has 1 saturated heterocycles. The molecule has 4 aromatic carbocycles. The largest absolute Gasteiger partial charge is 0.436 e. The van der Waals surface area contributed by atoms with Crippen molar-refractivity contribution in [2.45, 2.75) is 30.3 Å². The first-order chi connectivity index (χ1) is 19.7. The summed E-state index contributed by atoms with van der Waals surface area (Å²) in [6, 6.07) is 25.1. The molecule has 1 aliphatic rings. The number of anilines is 1. The van der Waals surface area contributed by atoms with Gasteiger partial charge in [-0.25, -0.2) is 22.7 Å². The van der Waals surface area contributed by atoms with Crippen LogP contribution < -0.4 is 4.90 Å². The molecule has 8 nitrogen and oxygen atoms in total. The van der Waals surface area contributed by atoms with Gasteiger partial charge in [-0.1, -0.05) is 42.5 Å². The van der Waals surface area contributed by atoms with Crippen molar-refractivity contribution in [2.24, 2.45) is 0 Å². The third kappa shape index (κ3) is 4.81. The summed E-state index contributed by atoms with van der Waals surface area (Å²) in [7, 11) is -4.32. The van der Waals surface area contributed by atoms with Crippen LogP contribution in [0.5, 0.6) is 0 Å². The van der Waals surface area contributed by atoms with Crippen LogP contribution in [0.2, 0.25) is 0 Å². The summed E-state index contributed by atoms with van der Waals surface area (Å²) in [5.41, 5.74) is 2.93. The van der Waals surface area contributed by atoms with Crippen LogP contribution in [0.1, 0.15) is 24.9 Å². The minimum Gasteiger partial charge on any atom is -0.436 e. The molecule has 0 spiro atoms.